The highest BCUT2D eigenvalue weighted by molar-refractivity contribution is 5.42. The first kappa shape index (κ1) is 21.3. The molecule has 3 rings (SSSR count). The van der Waals surface area contributed by atoms with Crippen LogP contribution in [-0.2, 0) is 13.1 Å². The molecule has 3 N–H and O–H groups in total. The van der Waals surface area contributed by atoms with Gasteiger partial charge in [0.1, 0.15) is 16.9 Å². The van der Waals surface area contributed by atoms with Crippen molar-refractivity contribution in [3.8, 4) is 17.7 Å². The van der Waals surface area contributed by atoms with Crippen LogP contribution in [0.25, 0.3) is 0 Å². The van der Waals surface area contributed by atoms with Gasteiger partial charge in [-0.05, 0) is 32.4 Å². The number of ether oxygens (including phenoxy) is 1. The molecule has 6 heteroatoms. The monoisotopic (exact) mass is 394 g/mol. The minimum atomic E-state index is -0.981. The molecular formula is C23H30N4O2. The summed E-state index contributed by atoms with van der Waals surface area (Å²) in [5, 5.41) is 10.9. The Labute approximate surface area is 173 Å². The summed E-state index contributed by atoms with van der Waals surface area (Å²) in [7, 11) is 0. The summed E-state index contributed by atoms with van der Waals surface area (Å²) in [6.07, 6.45) is 4.50. The smallest absolute Gasteiger partial charge is 0.237 e. The molecule has 154 valence electrons. The standard InChI is InChI=1S/C23H30N4O2/c1-22(2,3)29-21-20(25-12-13-26-21)17-27-14-10-23(28,11-15-27)9-8-18-6-4-5-7-19(18)16-24/h4-7,12-13,28H,10-11,14-17,24H2,1-3H3. The van der Waals surface area contributed by atoms with Crippen LogP contribution in [0.15, 0.2) is 36.7 Å². The van der Waals surface area contributed by atoms with E-state index in [4.69, 9.17) is 10.5 Å². The van der Waals surface area contributed by atoms with Crippen LogP contribution in [-0.4, -0.2) is 44.3 Å². The molecule has 1 aliphatic heterocycles. The second-order valence-corrected chi connectivity index (χ2v) is 8.44. The minimum absolute atomic E-state index is 0.331. The van der Waals surface area contributed by atoms with Gasteiger partial charge in [0.25, 0.3) is 0 Å². The van der Waals surface area contributed by atoms with Crippen molar-refractivity contribution in [2.45, 2.75) is 57.9 Å². The van der Waals surface area contributed by atoms with Gasteiger partial charge in [0.2, 0.25) is 5.88 Å². The third-order valence-corrected chi connectivity index (χ3v) is 4.86. The molecule has 1 aromatic carbocycles. The molecule has 6 nitrogen and oxygen atoms in total. The predicted molar refractivity (Wildman–Crippen MR) is 113 cm³/mol. The van der Waals surface area contributed by atoms with Crippen LogP contribution in [0.3, 0.4) is 0 Å². The van der Waals surface area contributed by atoms with E-state index in [0.29, 0.717) is 31.8 Å². The van der Waals surface area contributed by atoms with Crippen molar-refractivity contribution in [1.29, 1.82) is 0 Å². The number of likely N-dealkylation sites (tertiary alicyclic amines) is 1. The molecule has 1 saturated heterocycles. The van der Waals surface area contributed by atoms with E-state index in [-0.39, 0.29) is 5.60 Å². The molecule has 0 bridgehead atoms. The number of nitrogens with two attached hydrogens (primary N) is 1. The molecule has 0 aliphatic carbocycles. The van der Waals surface area contributed by atoms with Crippen molar-refractivity contribution >= 4 is 0 Å². The van der Waals surface area contributed by atoms with E-state index >= 15 is 0 Å². The van der Waals surface area contributed by atoms with Gasteiger partial charge in [0, 0.05) is 57.0 Å². The quantitative estimate of drug-likeness (QED) is 0.775. The molecule has 1 fully saturated rings. The van der Waals surface area contributed by atoms with E-state index in [2.05, 4.69) is 26.7 Å². The first-order valence-corrected chi connectivity index (χ1v) is 10.0. The average Bonchev–Trinajstić information content (AvgIpc) is 2.69. The number of hydrogen-bond acceptors (Lipinski definition) is 6. The van der Waals surface area contributed by atoms with E-state index in [1.54, 1.807) is 12.4 Å². The number of hydrogen-bond donors (Lipinski definition) is 2. The summed E-state index contributed by atoms with van der Waals surface area (Å²) < 4.78 is 5.94. The molecule has 1 aliphatic rings. The average molecular weight is 395 g/mol. The zero-order valence-electron chi connectivity index (χ0n) is 17.5. The molecule has 0 spiro atoms. The Hall–Kier alpha value is -2.46. The summed E-state index contributed by atoms with van der Waals surface area (Å²) in [4.78, 5) is 11.1. The Balaban J connectivity index is 1.64. The van der Waals surface area contributed by atoms with Crippen molar-refractivity contribution in [3.05, 3.63) is 53.5 Å². The third-order valence-electron chi connectivity index (χ3n) is 4.86. The lowest BCUT2D eigenvalue weighted by atomic mass is 9.91. The van der Waals surface area contributed by atoms with Crippen molar-refractivity contribution in [2.75, 3.05) is 13.1 Å². The maximum absolute atomic E-state index is 10.9. The lowest BCUT2D eigenvalue weighted by molar-refractivity contribution is 0.0236. The van der Waals surface area contributed by atoms with E-state index < -0.39 is 5.60 Å². The van der Waals surface area contributed by atoms with Crippen LogP contribution in [0.2, 0.25) is 0 Å². The van der Waals surface area contributed by atoms with Crippen LogP contribution in [0, 0.1) is 11.8 Å². The maximum Gasteiger partial charge on any atom is 0.237 e. The summed E-state index contributed by atoms with van der Waals surface area (Å²) >= 11 is 0. The molecule has 29 heavy (non-hydrogen) atoms. The van der Waals surface area contributed by atoms with Crippen LogP contribution < -0.4 is 10.5 Å². The number of rotatable bonds is 4. The van der Waals surface area contributed by atoms with Crippen LogP contribution in [0.5, 0.6) is 5.88 Å². The number of nitrogens with zero attached hydrogens (tertiary/aromatic N) is 3. The summed E-state index contributed by atoms with van der Waals surface area (Å²) in [5.41, 5.74) is 7.16. The Morgan fingerprint density at radius 3 is 2.55 bits per heavy atom. The van der Waals surface area contributed by atoms with Gasteiger partial charge in [-0.3, -0.25) is 9.88 Å². The number of benzene rings is 1. The zero-order chi connectivity index (χ0) is 20.9. The molecule has 0 saturated carbocycles. The molecule has 0 radical (unpaired) electrons. The van der Waals surface area contributed by atoms with Crippen molar-refractivity contribution in [2.24, 2.45) is 5.73 Å². The molecule has 0 amide bonds. The normalized spacial score (nSPS) is 16.7. The van der Waals surface area contributed by atoms with Crippen molar-refractivity contribution in [3.63, 3.8) is 0 Å². The number of aliphatic hydroxyl groups is 1. The Morgan fingerprint density at radius 2 is 1.86 bits per heavy atom. The molecule has 2 heterocycles. The van der Waals surface area contributed by atoms with Gasteiger partial charge in [0.15, 0.2) is 0 Å². The van der Waals surface area contributed by atoms with Crippen molar-refractivity contribution < 1.29 is 9.84 Å². The lowest BCUT2D eigenvalue weighted by Crippen LogP contribution is -2.43. The zero-order valence-corrected chi connectivity index (χ0v) is 17.5. The van der Waals surface area contributed by atoms with Crippen LogP contribution in [0.1, 0.15) is 50.4 Å². The molecule has 0 unspecified atom stereocenters. The van der Waals surface area contributed by atoms with Crippen molar-refractivity contribution in [1.82, 2.24) is 14.9 Å². The van der Waals surface area contributed by atoms with E-state index in [9.17, 15) is 5.11 Å². The molecular weight excluding hydrogens is 364 g/mol. The Bertz CT molecular complexity index is 887. The minimum Gasteiger partial charge on any atom is -0.471 e. The topological polar surface area (TPSA) is 84.5 Å². The predicted octanol–water partition coefficient (Wildman–Crippen LogP) is 2.49. The number of aromatic nitrogens is 2. The largest absolute Gasteiger partial charge is 0.471 e. The molecule has 0 atom stereocenters. The molecule has 2 aromatic rings. The van der Waals surface area contributed by atoms with E-state index in [1.165, 1.54) is 0 Å². The van der Waals surface area contributed by atoms with Gasteiger partial charge in [-0.15, -0.1) is 0 Å². The summed E-state index contributed by atoms with van der Waals surface area (Å²) in [6, 6.07) is 7.80. The van der Waals surface area contributed by atoms with Gasteiger partial charge >= 0.3 is 0 Å². The SMILES string of the molecule is CC(C)(C)Oc1nccnc1CN1CCC(O)(C#Cc2ccccc2CN)CC1. The second kappa shape index (κ2) is 8.91. The van der Waals surface area contributed by atoms with E-state index in [1.807, 2.05) is 45.0 Å². The Morgan fingerprint density at radius 1 is 1.17 bits per heavy atom. The Kier molecular flexibility index (Phi) is 6.53. The fourth-order valence-corrected chi connectivity index (χ4v) is 3.26. The van der Waals surface area contributed by atoms with Gasteiger partial charge < -0.3 is 15.6 Å². The maximum atomic E-state index is 10.9. The van der Waals surface area contributed by atoms with Gasteiger partial charge in [-0.25, -0.2) is 4.98 Å². The second-order valence-electron chi connectivity index (χ2n) is 8.44. The summed E-state index contributed by atoms with van der Waals surface area (Å²) in [6.45, 7) is 8.52. The van der Waals surface area contributed by atoms with E-state index in [0.717, 1.165) is 29.9 Å². The van der Waals surface area contributed by atoms with Crippen LogP contribution in [0.4, 0.5) is 0 Å². The van der Waals surface area contributed by atoms with Gasteiger partial charge in [0.05, 0.1) is 0 Å². The van der Waals surface area contributed by atoms with Crippen LogP contribution >= 0.6 is 0 Å². The number of piperidine rings is 1. The first-order valence-electron chi connectivity index (χ1n) is 10.0. The highest BCUT2D eigenvalue weighted by Crippen LogP contribution is 2.25. The molecule has 1 aromatic heterocycles. The fraction of sp³-hybridized carbons (Fsp3) is 0.478. The fourth-order valence-electron chi connectivity index (χ4n) is 3.26. The summed E-state index contributed by atoms with van der Waals surface area (Å²) in [5.74, 6) is 6.79. The van der Waals surface area contributed by atoms with Gasteiger partial charge in [-0.1, -0.05) is 30.0 Å². The van der Waals surface area contributed by atoms with Gasteiger partial charge in [-0.2, -0.15) is 0 Å². The third kappa shape index (κ3) is 6.01. The highest BCUT2D eigenvalue weighted by Gasteiger charge is 2.31. The lowest BCUT2D eigenvalue weighted by Gasteiger charge is -2.35. The highest BCUT2D eigenvalue weighted by atomic mass is 16.5. The first-order chi connectivity index (χ1) is 13.8.